The molecular formula is C15H17FN4. The van der Waals surface area contributed by atoms with Crippen molar-refractivity contribution in [1.29, 1.82) is 0 Å². The van der Waals surface area contributed by atoms with Crippen LogP contribution in [0.3, 0.4) is 0 Å². The minimum atomic E-state index is -0.387. The summed E-state index contributed by atoms with van der Waals surface area (Å²) in [6.07, 6.45) is 4.47. The van der Waals surface area contributed by atoms with E-state index in [1.165, 1.54) is 5.56 Å². The number of aryl methyl sites for hydroxylation is 2. The lowest BCUT2D eigenvalue weighted by molar-refractivity contribution is 0.242. The van der Waals surface area contributed by atoms with E-state index in [4.69, 9.17) is 0 Å². The van der Waals surface area contributed by atoms with E-state index in [0.29, 0.717) is 5.56 Å². The van der Waals surface area contributed by atoms with E-state index in [-0.39, 0.29) is 5.95 Å². The zero-order valence-electron chi connectivity index (χ0n) is 11.7. The van der Waals surface area contributed by atoms with Crippen molar-refractivity contribution in [3.8, 4) is 0 Å². The monoisotopic (exact) mass is 272 g/mol. The van der Waals surface area contributed by atoms with Crippen LogP contribution in [0.1, 0.15) is 28.2 Å². The molecular weight excluding hydrogens is 255 g/mol. The molecule has 0 fully saturated rings. The van der Waals surface area contributed by atoms with Gasteiger partial charge in [0.2, 0.25) is 5.95 Å². The third-order valence-corrected chi connectivity index (χ3v) is 3.61. The van der Waals surface area contributed by atoms with Crippen molar-refractivity contribution >= 4 is 0 Å². The average molecular weight is 272 g/mol. The number of fused-ring (bicyclic) bond motifs is 1. The Morgan fingerprint density at radius 2 is 2.10 bits per heavy atom. The Balaban J connectivity index is 1.74. The highest BCUT2D eigenvalue weighted by Gasteiger charge is 2.18. The Labute approximate surface area is 117 Å². The molecule has 0 aliphatic carbocycles. The number of hydrogen-bond acceptors (Lipinski definition) is 4. The Kier molecular flexibility index (Phi) is 3.44. The summed E-state index contributed by atoms with van der Waals surface area (Å²) in [5.41, 5.74) is 3.98. The summed E-state index contributed by atoms with van der Waals surface area (Å²) in [6.45, 7) is 6.24. The van der Waals surface area contributed by atoms with Crippen molar-refractivity contribution in [2.24, 2.45) is 0 Å². The summed E-state index contributed by atoms with van der Waals surface area (Å²) in [4.78, 5) is 14.8. The summed E-state index contributed by atoms with van der Waals surface area (Å²) < 4.78 is 13.2. The number of rotatable bonds is 2. The topological polar surface area (TPSA) is 41.9 Å². The molecule has 2 aromatic heterocycles. The van der Waals surface area contributed by atoms with E-state index in [0.717, 1.165) is 43.1 Å². The van der Waals surface area contributed by atoms with E-state index in [1.807, 2.05) is 19.2 Å². The smallest absolute Gasteiger partial charge is 0.215 e. The fourth-order valence-corrected chi connectivity index (χ4v) is 2.57. The number of aromatic nitrogens is 3. The Bertz CT molecular complexity index is 642. The van der Waals surface area contributed by atoms with Crippen molar-refractivity contribution in [3.63, 3.8) is 0 Å². The van der Waals surface area contributed by atoms with E-state index < -0.39 is 0 Å². The van der Waals surface area contributed by atoms with E-state index >= 15 is 0 Å². The van der Waals surface area contributed by atoms with Crippen molar-refractivity contribution in [2.75, 3.05) is 6.54 Å². The molecule has 0 aromatic carbocycles. The quantitative estimate of drug-likeness (QED) is 0.786. The predicted octanol–water partition coefficient (Wildman–Crippen LogP) is 2.19. The fraction of sp³-hybridized carbons (Fsp3) is 0.400. The molecule has 2 aromatic rings. The van der Waals surface area contributed by atoms with Crippen LogP contribution in [0.15, 0.2) is 18.5 Å². The fourth-order valence-electron chi connectivity index (χ4n) is 2.57. The zero-order valence-corrected chi connectivity index (χ0v) is 11.7. The molecule has 104 valence electrons. The van der Waals surface area contributed by atoms with Crippen LogP contribution in [0.25, 0.3) is 0 Å². The van der Waals surface area contributed by atoms with Gasteiger partial charge in [0.05, 0.1) is 0 Å². The van der Waals surface area contributed by atoms with Gasteiger partial charge in [-0.15, -0.1) is 0 Å². The number of nitrogens with zero attached hydrogens (tertiary/aromatic N) is 4. The molecule has 3 rings (SSSR count). The van der Waals surface area contributed by atoms with Gasteiger partial charge in [-0.1, -0.05) is 0 Å². The lowest BCUT2D eigenvalue weighted by Gasteiger charge is -2.27. The second kappa shape index (κ2) is 5.25. The maximum Gasteiger partial charge on any atom is 0.215 e. The standard InChI is InChI=1S/C15H17FN4/c1-10-5-12(6-18-15(10)16)8-20-4-3-14-13(9-20)7-17-11(2)19-14/h5-7H,3-4,8-9H2,1-2H3. The van der Waals surface area contributed by atoms with Gasteiger partial charge < -0.3 is 0 Å². The van der Waals surface area contributed by atoms with Crippen molar-refractivity contribution in [3.05, 3.63) is 52.6 Å². The molecule has 0 unspecified atom stereocenters. The minimum Gasteiger partial charge on any atom is -0.294 e. The zero-order chi connectivity index (χ0) is 14.1. The first-order chi connectivity index (χ1) is 9.61. The average Bonchev–Trinajstić information content (AvgIpc) is 2.43. The molecule has 1 aliphatic heterocycles. The van der Waals surface area contributed by atoms with Crippen LogP contribution in [0, 0.1) is 19.8 Å². The Morgan fingerprint density at radius 3 is 2.90 bits per heavy atom. The summed E-state index contributed by atoms with van der Waals surface area (Å²) >= 11 is 0. The van der Waals surface area contributed by atoms with Gasteiger partial charge in [0.1, 0.15) is 5.82 Å². The van der Waals surface area contributed by atoms with Crippen LogP contribution in [-0.2, 0) is 19.5 Å². The highest BCUT2D eigenvalue weighted by atomic mass is 19.1. The molecule has 0 radical (unpaired) electrons. The highest BCUT2D eigenvalue weighted by molar-refractivity contribution is 5.22. The van der Waals surface area contributed by atoms with Crippen LogP contribution in [-0.4, -0.2) is 26.4 Å². The van der Waals surface area contributed by atoms with Gasteiger partial charge in [-0.05, 0) is 25.5 Å². The third-order valence-electron chi connectivity index (χ3n) is 3.61. The van der Waals surface area contributed by atoms with Gasteiger partial charge in [-0.25, -0.2) is 15.0 Å². The molecule has 0 atom stereocenters. The van der Waals surface area contributed by atoms with E-state index in [2.05, 4.69) is 19.9 Å². The van der Waals surface area contributed by atoms with Gasteiger partial charge in [0.25, 0.3) is 0 Å². The molecule has 0 saturated carbocycles. The lowest BCUT2D eigenvalue weighted by atomic mass is 10.1. The molecule has 5 heteroatoms. The molecule has 0 amide bonds. The highest BCUT2D eigenvalue weighted by Crippen LogP contribution is 2.18. The first-order valence-electron chi connectivity index (χ1n) is 6.76. The van der Waals surface area contributed by atoms with Crippen LogP contribution >= 0.6 is 0 Å². The first kappa shape index (κ1) is 13.1. The normalized spacial score (nSPS) is 15.2. The second-order valence-electron chi connectivity index (χ2n) is 5.30. The molecule has 0 spiro atoms. The summed E-state index contributed by atoms with van der Waals surface area (Å²) in [6, 6.07) is 1.86. The summed E-state index contributed by atoms with van der Waals surface area (Å²) in [7, 11) is 0. The summed E-state index contributed by atoms with van der Waals surface area (Å²) in [5, 5.41) is 0. The van der Waals surface area contributed by atoms with Crippen LogP contribution in [0.2, 0.25) is 0 Å². The Hall–Kier alpha value is -1.88. The van der Waals surface area contributed by atoms with Crippen LogP contribution in [0.5, 0.6) is 0 Å². The van der Waals surface area contributed by atoms with E-state index in [9.17, 15) is 4.39 Å². The van der Waals surface area contributed by atoms with Gasteiger partial charge in [0.15, 0.2) is 0 Å². The maximum absolute atomic E-state index is 13.2. The van der Waals surface area contributed by atoms with Crippen LogP contribution < -0.4 is 0 Å². The van der Waals surface area contributed by atoms with Crippen molar-refractivity contribution < 1.29 is 4.39 Å². The van der Waals surface area contributed by atoms with Gasteiger partial charge in [-0.3, -0.25) is 4.90 Å². The molecule has 0 bridgehead atoms. The Morgan fingerprint density at radius 1 is 1.25 bits per heavy atom. The second-order valence-corrected chi connectivity index (χ2v) is 5.30. The summed E-state index contributed by atoms with van der Waals surface area (Å²) in [5.74, 6) is 0.442. The van der Waals surface area contributed by atoms with Crippen LogP contribution in [0.4, 0.5) is 4.39 Å². The van der Waals surface area contributed by atoms with Crippen molar-refractivity contribution in [1.82, 2.24) is 19.9 Å². The van der Waals surface area contributed by atoms with Gasteiger partial charge in [0, 0.05) is 55.3 Å². The predicted molar refractivity (Wildman–Crippen MR) is 73.5 cm³/mol. The lowest BCUT2D eigenvalue weighted by Crippen LogP contribution is -2.31. The van der Waals surface area contributed by atoms with Gasteiger partial charge in [-0.2, -0.15) is 4.39 Å². The maximum atomic E-state index is 13.2. The van der Waals surface area contributed by atoms with E-state index in [1.54, 1.807) is 13.1 Å². The molecule has 20 heavy (non-hydrogen) atoms. The molecule has 1 aliphatic rings. The SMILES string of the molecule is Cc1ncc2c(n1)CCN(Cc1cnc(F)c(C)c1)C2. The van der Waals surface area contributed by atoms with Crippen molar-refractivity contribution in [2.45, 2.75) is 33.4 Å². The number of pyridine rings is 1. The molecule has 3 heterocycles. The van der Waals surface area contributed by atoms with Gasteiger partial charge >= 0.3 is 0 Å². The largest absolute Gasteiger partial charge is 0.294 e. The molecule has 4 nitrogen and oxygen atoms in total. The first-order valence-corrected chi connectivity index (χ1v) is 6.76. The molecule has 0 N–H and O–H groups in total. The minimum absolute atomic E-state index is 0.387. The number of halogens is 1. The third kappa shape index (κ3) is 2.67. The molecule has 0 saturated heterocycles. The number of hydrogen-bond donors (Lipinski definition) is 0.